The summed E-state index contributed by atoms with van der Waals surface area (Å²) in [6.45, 7) is 6.89. The predicted octanol–water partition coefficient (Wildman–Crippen LogP) is 3.97. The fraction of sp³-hybridized carbons (Fsp3) is 0.650. The Hall–Kier alpha value is -0.470. The number of thioether (sulfide) groups is 1. The van der Waals surface area contributed by atoms with E-state index in [0.717, 1.165) is 12.5 Å². The molecule has 0 unspecified atom stereocenters. The molecule has 1 aromatic rings. The molecule has 1 saturated heterocycles. The standard InChI is InChI=1S/C20H32N4S.HI/c1-3-13-24-14-9-17(10-15-24)23-19(21-2)22-16-20(11-12-20)25-18-7-5-4-6-8-18;/h4-8,17H,3,9-16H2,1-2H3,(H2,21,22,23);1H. The van der Waals surface area contributed by atoms with E-state index < -0.39 is 0 Å². The number of piperidine rings is 1. The van der Waals surface area contributed by atoms with Crippen LogP contribution in [-0.4, -0.2) is 54.9 Å². The van der Waals surface area contributed by atoms with E-state index >= 15 is 0 Å². The maximum absolute atomic E-state index is 4.45. The second-order valence-corrected chi connectivity index (χ2v) is 8.83. The van der Waals surface area contributed by atoms with Gasteiger partial charge in [-0.1, -0.05) is 25.1 Å². The van der Waals surface area contributed by atoms with E-state index in [2.05, 4.69) is 57.8 Å². The third kappa shape index (κ3) is 6.60. The largest absolute Gasteiger partial charge is 0.355 e. The zero-order valence-corrected chi connectivity index (χ0v) is 19.2. The van der Waals surface area contributed by atoms with Crippen molar-refractivity contribution < 1.29 is 0 Å². The molecule has 2 fully saturated rings. The van der Waals surface area contributed by atoms with Gasteiger partial charge < -0.3 is 15.5 Å². The first-order chi connectivity index (χ1) is 12.2. The van der Waals surface area contributed by atoms with Crippen LogP contribution in [0.5, 0.6) is 0 Å². The molecule has 2 aliphatic rings. The van der Waals surface area contributed by atoms with Gasteiger partial charge in [0.25, 0.3) is 0 Å². The van der Waals surface area contributed by atoms with E-state index in [1.807, 2.05) is 18.8 Å². The monoisotopic (exact) mass is 488 g/mol. The summed E-state index contributed by atoms with van der Waals surface area (Å²) in [5.74, 6) is 0.967. The minimum absolute atomic E-state index is 0. The number of likely N-dealkylation sites (tertiary alicyclic amines) is 1. The van der Waals surface area contributed by atoms with Crippen LogP contribution in [0.3, 0.4) is 0 Å². The van der Waals surface area contributed by atoms with Crippen molar-refractivity contribution in [1.82, 2.24) is 15.5 Å². The van der Waals surface area contributed by atoms with Crippen molar-refractivity contribution in [3.05, 3.63) is 30.3 Å². The summed E-state index contributed by atoms with van der Waals surface area (Å²) in [5, 5.41) is 7.22. The smallest absolute Gasteiger partial charge is 0.191 e. The SMILES string of the molecule is CCCN1CCC(NC(=NC)NCC2(Sc3ccccc3)CC2)CC1.I. The molecule has 1 heterocycles. The van der Waals surface area contributed by atoms with Gasteiger partial charge in [-0.3, -0.25) is 4.99 Å². The first-order valence-corrected chi connectivity index (χ1v) is 10.5. The number of hydrogen-bond donors (Lipinski definition) is 2. The van der Waals surface area contributed by atoms with Gasteiger partial charge in [0.1, 0.15) is 0 Å². The van der Waals surface area contributed by atoms with Crippen LogP contribution in [0.1, 0.15) is 39.0 Å². The number of hydrogen-bond acceptors (Lipinski definition) is 3. The van der Waals surface area contributed by atoms with Gasteiger partial charge in [0.2, 0.25) is 0 Å². The van der Waals surface area contributed by atoms with E-state index in [1.165, 1.54) is 56.6 Å². The highest BCUT2D eigenvalue weighted by Gasteiger charge is 2.43. The van der Waals surface area contributed by atoms with E-state index in [1.54, 1.807) is 0 Å². The molecule has 146 valence electrons. The minimum Gasteiger partial charge on any atom is -0.355 e. The van der Waals surface area contributed by atoms with Crippen LogP contribution in [-0.2, 0) is 0 Å². The molecule has 0 radical (unpaired) electrons. The van der Waals surface area contributed by atoms with Gasteiger partial charge in [0.05, 0.1) is 0 Å². The van der Waals surface area contributed by atoms with E-state index in [0.29, 0.717) is 10.8 Å². The van der Waals surface area contributed by atoms with Crippen molar-refractivity contribution in [2.24, 2.45) is 4.99 Å². The number of benzene rings is 1. The lowest BCUT2D eigenvalue weighted by Gasteiger charge is -2.33. The highest BCUT2D eigenvalue weighted by molar-refractivity contribution is 14.0. The quantitative estimate of drug-likeness (QED) is 0.346. The molecule has 0 aromatic heterocycles. The maximum atomic E-state index is 4.45. The second kappa shape index (κ2) is 10.8. The Morgan fingerprint density at radius 2 is 1.92 bits per heavy atom. The molecule has 3 rings (SSSR count). The van der Waals surface area contributed by atoms with Crippen LogP contribution < -0.4 is 10.6 Å². The molecule has 0 amide bonds. The maximum Gasteiger partial charge on any atom is 0.191 e. The van der Waals surface area contributed by atoms with E-state index in [4.69, 9.17) is 0 Å². The zero-order valence-electron chi connectivity index (χ0n) is 16.0. The summed E-state index contributed by atoms with van der Waals surface area (Å²) >= 11 is 2.01. The van der Waals surface area contributed by atoms with Crippen molar-refractivity contribution in [3.8, 4) is 0 Å². The molecule has 0 atom stereocenters. The Morgan fingerprint density at radius 3 is 2.50 bits per heavy atom. The predicted molar refractivity (Wildman–Crippen MR) is 124 cm³/mol. The number of halogens is 1. The van der Waals surface area contributed by atoms with Crippen LogP contribution in [0.2, 0.25) is 0 Å². The minimum atomic E-state index is 0. The summed E-state index contributed by atoms with van der Waals surface area (Å²) in [6.07, 6.45) is 6.25. The van der Waals surface area contributed by atoms with Crippen LogP contribution in [0.25, 0.3) is 0 Å². The molecule has 6 heteroatoms. The molecule has 2 N–H and O–H groups in total. The summed E-state index contributed by atoms with van der Waals surface area (Å²) in [7, 11) is 1.88. The molecule has 26 heavy (non-hydrogen) atoms. The van der Waals surface area contributed by atoms with Crippen LogP contribution in [0.4, 0.5) is 0 Å². The number of aliphatic imine (C=N–C) groups is 1. The molecule has 1 saturated carbocycles. The molecule has 0 bridgehead atoms. The van der Waals surface area contributed by atoms with Crippen LogP contribution >= 0.6 is 35.7 Å². The lowest BCUT2D eigenvalue weighted by Crippen LogP contribution is -2.49. The molecule has 1 aromatic carbocycles. The Morgan fingerprint density at radius 1 is 1.23 bits per heavy atom. The lowest BCUT2D eigenvalue weighted by molar-refractivity contribution is 0.206. The van der Waals surface area contributed by atoms with Gasteiger partial charge in [-0.15, -0.1) is 35.7 Å². The molecular weight excluding hydrogens is 455 g/mol. The Labute approximate surface area is 180 Å². The molecule has 1 aliphatic heterocycles. The van der Waals surface area contributed by atoms with E-state index in [-0.39, 0.29) is 24.0 Å². The van der Waals surface area contributed by atoms with Crippen molar-refractivity contribution in [1.29, 1.82) is 0 Å². The number of rotatable bonds is 7. The van der Waals surface area contributed by atoms with E-state index in [9.17, 15) is 0 Å². The Bertz CT molecular complexity index is 554. The Kier molecular flexibility index (Phi) is 9.03. The van der Waals surface area contributed by atoms with Crippen LogP contribution in [0, 0.1) is 0 Å². The number of nitrogens with one attached hydrogen (secondary N) is 2. The number of nitrogens with zero attached hydrogens (tertiary/aromatic N) is 2. The molecule has 1 aliphatic carbocycles. The number of guanidine groups is 1. The van der Waals surface area contributed by atoms with Gasteiger partial charge in [-0.2, -0.15) is 0 Å². The van der Waals surface area contributed by atoms with Gasteiger partial charge in [-0.05, 0) is 50.8 Å². The van der Waals surface area contributed by atoms with Gasteiger partial charge in [0.15, 0.2) is 5.96 Å². The molecule has 4 nitrogen and oxygen atoms in total. The summed E-state index contributed by atoms with van der Waals surface area (Å²) < 4.78 is 0.351. The topological polar surface area (TPSA) is 39.7 Å². The van der Waals surface area contributed by atoms with Gasteiger partial charge >= 0.3 is 0 Å². The lowest BCUT2D eigenvalue weighted by atomic mass is 10.1. The normalized spacial score (nSPS) is 20.3. The summed E-state index contributed by atoms with van der Waals surface area (Å²) in [6, 6.07) is 11.3. The van der Waals surface area contributed by atoms with Crippen molar-refractivity contribution >= 4 is 41.7 Å². The van der Waals surface area contributed by atoms with Gasteiger partial charge in [0, 0.05) is 42.4 Å². The average Bonchev–Trinajstić information content (AvgIpc) is 3.41. The van der Waals surface area contributed by atoms with Gasteiger partial charge in [-0.25, -0.2) is 0 Å². The van der Waals surface area contributed by atoms with Crippen molar-refractivity contribution in [2.75, 3.05) is 33.2 Å². The second-order valence-electron chi connectivity index (χ2n) is 7.28. The first-order valence-electron chi connectivity index (χ1n) is 9.66. The summed E-state index contributed by atoms with van der Waals surface area (Å²) in [5.41, 5.74) is 0. The van der Waals surface area contributed by atoms with Crippen molar-refractivity contribution in [2.45, 2.75) is 54.7 Å². The zero-order chi connectivity index (χ0) is 17.5. The first kappa shape index (κ1) is 21.8. The third-order valence-electron chi connectivity index (χ3n) is 5.16. The van der Waals surface area contributed by atoms with Crippen LogP contribution in [0.15, 0.2) is 40.2 Å². The molecular formula is C20H33IN4S. The summed E-state index contributed by atoms with van der Waals surface area (Å²) in [4.78, 5) is 8.39. The Balaban J connectivity index is 0.00000243. The van der Waals surface area contributed by atoms with Crippen molar-refractivity contribution in [3.63, 3.8) is 0 Å². The highest BCUT2D eigenvalue weighted by atomic mass is 127. The highest BCUT2D eigenvalue weighted by Crippen LogP contribution is 2.51. The molecule has 0 spiro atoms. The fourth-order valence-electron chi connectivity index (χ4n) is 3.44. The average molecular weight is 488 g/mol. The third-order valence-corrected chi connectivity index (χ3v) is 6.65. The fourth-order valence-corrected chi connectivity index (χ4v) is 4.69.